The van der Waals surface area contributed by atoms with Crippen molar-refractivity contribution in [2.24, 2.45) is 33.8 Å². The Kier molecular flexibility index (Phi) is 14.6. The summed E-state index contributed by atoms with van der Waals surface area (Å²) in [6.45, 7) is 3.77. The molecule has 1 rings (SSSR count). The molecule has 0 bridgehead atoms. The van der Waals surface area contributed by atoms with Crippen LogP contribution in [0.25, 0.3) is 0 Å². The third-order valence-electron chi connectivity index (χ3n) is 5.95. The van der Waals surface area contributed by atoms with E-state index in [0.29, 0.717) is 5.56 Å². The summed E-state index contributed by atoms with van der Waals surface area (Å²) in [6, 6.07) is 1.20. The Hall–Kier alpha value is -4.40. The van der Waals surface area contributed by atoms with Crippen molar-refractivity contribution in [3.05, 3.63) is 29.8 Å². The van der Waals surface area contributed by atoms with Gasteiger partial charge in [0.05, 0.1) is 6.04 Å². The molecule has 1 aromatic carbocycles. The number of primary amides is 1. The number of amides is 4. The number of benzene rings is 1. The second kappa shape index (κ2) is 17.3. The van der Waals surface area contributed by atoms with Gasteiger partial charge in [-0.15, -0.1) is 0 Å². The lowest BCUT2D eigenvalue weighted by Gasteiger charge is -2.25. The molecule has 15 heteroatoms. The number of nitrogens with two attached hydrogens (primary N) is 4. The van der Waals surface area contributed by atoms with Crippen LogP contribution in [0.1, 0.15) is 51.5 Å². The van der Waals surface area contributed by atoms with E-state index >= 15 is 0 Å². The second-order valence-electron chi connectivity index (χ2n) is 10.1. The SMILES string of the molecule is CC(C)CC(NC(=O)C(CCCN=C(N)N)NC(=O)C(Cc1ccc(O)cc1)NC(=O)C(N)CCC(N)=O)C(=O)O. The predicted molar refractivity (Wildman–Crippen MR) is 151 cm³/mol. The Morgan fingerprint density at radius 2 is 1.41 bits per heavy atom. The monoisotopic (exact) mass is 578 g/mol. The van der Waals surface area contributed by atoms with E-state index in [0.717, 1.165) is 0 Å². The van der Waals surface area contributed by atoms with Crippen LogP contribution < -0.4 is 38.9 Å². The number of nitrogens with zero attached hydrogens (tertiary/aromatic N) is 1. The van der Waals surface area contributed by atoms with Crippen molar-refractivity contribution in [3.8, 4) is 5.75 Å². The minimum Gasteiger partial charge on any atom is -0.508 e. The maximum Gasteiger partial charge on any atom is 0.326 e. The molecule has 0 radical (unpaired) electrons. The molecule has 0 aliphatic rings. The van der Waals surface area contributed by atoms with Crippen molar-refractivity contribution < 1.29 is 34.2 Å². The van der Waals surface area contributed by atoms with E-state index in [1.807, 2.05) is 0 Å². The highest BCUT2D eigenvalue weighted by Gasteiger charge is 2.30. The van der Waals surface area contributed by atoms with Crippen molar-refractivity contribution in [3.63, 3.8) is 0 Å². The maximum atomic E-state index is 13.4. The highest BCUT2D eigenvalue weighted by molar-refractivity contribution is 5.94. The molecule has 0 saturated carbocycles. The topological polar surface area (TPSA) is 278 Å². The van der Waals surface area contributed by atoms with E-state index in [1.165, 1.54) is 12.1 Å². The van der Waals surface area contributed by atoms with Gasteiger partial charge in [0.1, 0.15) is 23.9 Å². The number of aliphatic imine (C=N–C) groups is 1. The standard InChI is InChI=1S/C26H42N8O7/c1-14(2)12-20(25(40)41)34-23(38)18(4-3-11-31-26(29)30)32-24(39)19(13-15-5-7-16(35)8-6-15)33-22(37)17(27)9-10-21(28)36/h5-8,14,17-20,35H,3-4,9-13,27H2,1-2H3,(H2,28,36)(H,32,39)(H,33,37)(H,34,38)(H,40,41)(H4,29,30,31). The van der Waals surface area contributed by atoms with Gasteiger partial charge < -0.3 is 49.1 Å². The van der Waals surface area contributed by atoms with Crippen LogP contribution in [-0.2, 0) is 30.4 Å². The Balaban J connectivity index is 3.19. The number of nitrogens with one attached hydrogen (secondary N) is 3. The van der Waals surface area contributed by atoms with Gasteiger partial charge in [0.25, 0.3) is 0 Å². The number of phenols is 1. The van der Waals surface area contributed by atoms with Crippen LogP contribution in [0.4, 0.5) is 0 Å². The molecule has 4 amide bonds. The lowest BCUT2D eigenvalue weighted by atomic mass is 10.0. The van der Waals surface area contributed by atoms with Crippen LogP contribution in [0.5, 0.6) is 5.75 Å². The summed E-state index contributed by atoms with van der Waals surface area (Å²) in [5.41, 5.74) is 22.3. The van der Waals surface area contributed by atoms with E-state index < -0.39 is 53.8 Å². The van der Waals surface area contributed by atoms with Gasteiger partial charge in [-0.2, -0.15) is 0 Å². The zero-order valence-electron chi connectivity index (χ0n) is 23.3. The third-order valence-corrected chi connectivity index (χ3v) is 5.95. The molecule has 0 saturated heterocycles. The molecular formula is C26H42N8O7. The molecule has 0 aliphatic heterocycles. The molecule has 15 nitrogen and oxygen atoms in total. The minimum absolute atomic E-state index is 0.000784. The van der Waals surface area contributed by atoms with Gasteiger partial charge in [-0.3, -0.25) is 24.2 Å². The fourth-order valence-electron chi connectivity index (χ4n) is 3.79. The highest BCUT2D eigenvalue weighted by atomic mass is 16.4. The number of aliphatic carboxylic acids is 1. The highest BCUT2D eigenvalue weighted by Crippen LogP contribution is 2.13. The van der Waals surface area contributed by atoms with E-state index in [4.69, 9.17) is 22.9 Å². The van der Waals surface area contributed by atoms with Gasteiger partial charge in [-0.05, 0) is 49.3 Å². The number of guanidine groups is 1. The number of carbonyl (C=O) groups excluding carboxylic acids is 4. The van der Waals surface area contributed by atoms with Crippen molar-refractivity contribution in [2.45, 2.75) is 76.5 Å². The van der Waals surface area contributed by atoms with Crippen LogP contribution in [0.3, 0.4) is 0 Å². The molecule has 0 fully saturated rings. The number of rotatable bonds is 18. The van der Waals surface area contributed by atoms with Crippen LogP contribution in [0.15, 0.2) is 29.3 Å². The minimum atomic E-state index is -1.22. The summed E-state index contributed by atoms with van der Waals surface area (Å²) in [5.74, 6) is -4.24. The van der Waals surface area contributed by atoms with Gasteiger partial charge in [0.2, 0.25) is 23.6 Å². The van der Waals surface area contributed by atoms with Crippen LogP contribution in [0.2, 0.25) is 0 Å². The number of phenolic OH excluding ortho intramolecular Hbond substituents is 1. The average Bonchev–Trinajstić information content (AvgIpc) is 2.88. The van der Waals surface area contributed by atoms with Crippen molar-refractivity contribution in [1.29, 1.82) is 0 Å². The summed E-state index contributed by atoms with van der Waals surface area (Å²) < 4.78 is 0. The molecule has 1 aromatic rings. The molecule has 0 spiro atoms. The first-order chi connectivity index (χ1) is 19.2. The van der Waals surface area contributed by atoms with Crippen LogP contribution in [-0.4, -0.2) is 76.5 Å². The maximum absolute atomic E-state index is 13.4. The number of carboxylic acids is 1. The average molecular weight is 579 g/mol. The Bertz CT molecular complexity index is 1070. The van der Waals surface area contributed by atoms with Crippen molar-refractivity contribution >= 4 is 35.6 Å². The number of aromatic hydroxyl groups is 1. The van der Waals surface area contributed by atoms with Gasteiger partial charge >= 0.3 is 5.97 Å². The number of hydrogen-bond donors (Lipinski definition) is 9. The molecule has 0 aliphatic carbocycles. The Morgan fingerprint density at radius 1 is 0.854 bits per heavy atom. The van der Waals surface area contributed by atoms with Crippen LogP contribution >= 0.6 is 0 Å². The largest absolute Gasteiger partial charge is 0.508 e. The number of carbonyl (C=O) groups is 5. The Labute approximate surface area is 238 Å². The molecule has 0 heterocycles. The molecular weight excluding hydrogens is 536 g/mol. The lowest BCUT2D eigenvalue weighted by molar-refractivity contribution is -0.142. The van der Waals surface area contributed by atoms with E-state index in [9.17, 15) is 34.2 Å². The fourth-order valence-corrected chi connectivity index (χ4v) is 3.79. The first kappa shape index (κ1) is 34.6. The predicted octanol–water partition coefficient (Wildman–Crippen LogP) is -1.83. The number of carboxylic acid groups (broad SMARTS) is 1. The summed E-state index contributed by atoms with van der Waals surface area (Å²) in [7, 11) is 0. The normalized spacial score (nSPS) is 13.8. The molecule has 228 valence electrons. The van der Waals surface area contributed by atoms with Crippen LogP contribution in [0, 0.1) is 5.92 Å². The summed E-state index contributed by atoms with van der Waals surface area (Å²) in [5, 5.41) is 26.8. The van der Waals surface area contributed by atoms with Gasteiger partial charge in [-0.1, -0.05) is 26.0 Å². The third kappa shape index (κ3) is 14.0. The van der Waals surface area contributed by atoms with Gasteiger partial charge in [0, 0.05) is 19.4 Å². The zero-order valence-corrected chi connectivity index (χ0v) is 23.3. The number of hydrogen-bond acceptors (Lipinski definition) is 8. The van der Waals surface area contributed by atoms with Crippen molar-refractivity contribution in [2.75, 3.05) is 6.54 Å². The first-order valence-corrected chi connectivity index (χ1v) is 13.2. The summed E-state index contributed by atoms with van der Waals surface area (Å²) >= 11 is 0. The second-order valence-corrected chi connectivity index (χ2v) is 10.1. The molecule has 4 atom stereocenters. The smallest absolute Gasteiger partial charge is 0.326 e. The van der Waals surface area contributed by atoms with E-state index in [2.05, 4.69) is 20.9 Å². The quantitative estimate of drug-likeness (QED) is 0.0533. The fraction of sp³-hybridized carbons (Fsp3) is 0.538. The van der Waals surface area contributed by atoms with Gasteiger partial charge in [0.15, 0.2) is 5.96 Å². The summed E-state index contributed by atoms with van der Waals surface area (Å²) in [6.07, 6.45) is 0.275. The Morgan fingerprint density at radius 3 is 1.95 bits per heavy atom. The lowest BCUT2D eigenvalue weighted by Crippen LogP contribution is -2.57. The van der Waals surface area contributed by atoms with Gasteiger partial charge in [-0.25, -0.2) is 4.79 Å². The zero-order chi connectivity index (χ0) is 31.1. The molecule has 41 heavy (non-hydrogen) atoms. The van der Waals surface area contributed by atoms with E-state index in [1.54, 1.807) is 26.0 Å². The molecule has 4 unspecified atom stereocenters. The van der Waals surface area contributed by atoms with Crippen molar-refractivity contribution in [1.82, 2.24) is 16.0 Å². The molecule has 0 aromatic heterocycles. The molecule has 13 N–H and O–H groups in total. The first-order valence-electron chi connectivity index (χ1n) is 13.2. The van der Waals surface area contributed by atoms with E-state index in [-0.39, 0.29) is 62.7 Å². The summed E-state index contributed by atoms with van der Waals surface area (Å²) in [4.78, 5) is 66.0.